The van der Waals surface area contributed by atoms with Gasteiger partial charge in [0.1, 0.15) is 0 Å². The summed E-state index contributed by atoms with van der Waals surface area (Å²) in [4.78, 5) is 12.0. The predicted octanol–water partition coefficient (Wildman–Crippen LogP) is 4.70. The number of allylic oxidation sites excluding steroid dienone is 1. The van der Waals surface area contributed by atoms with Crippen molar-refractivity contribution in [3.8, 4) is 11.5 Å². The van der Waals surface area contributed by atoms with Gasteiger partial charge in [0, 0.05) is 6.42 Å². The van der Waals surface area contributed by atoms with Crippen molar-refractivity contribution in [3.63, 3.8) is 0 Å². The lowest BCUT2D eigenvalue weighted by Gasteiger charge is -2.07. The summed E-state index contributed by atoms with van der Waals surface area (Å²) in [5, 5.41) is 9.82. The highest BCUT2D eigenvalue weighted by Crippen LogP contribution is 2.31. The van der Waals surface area contributed by atoms with E-state index in [1.54, 1.807) is 25.1 Å². The van der Waals surface area contributed by atoms with E-state index in [4.69, 9.17) is 4.74 Å². The minimum Gasteiger partial charge on any atom is -0.504 e. The lowest BCUT2D eigenvalue weighted by atomic mass is 10.0. The Hall–Kier alpha value is -2.55. The summed E-state index contributed by atoms with van der Waals surface area (Å²) in [7, 11) is 1.51. The van der Waals surface area contributed by atoms with Crippen LogP contribution in [0.5, 0.6) is 11.5 Å². The fourth-order valence-corrected chi connectivity index (χ4v) is 2.57. The maximum atomic E-state index is 12.0. The quantitative estimate of drug-likeness (QED) is 0.565. The molecule has 3 nitrogen and oxygen atoms in total. The Labute approximate surface area is 143 Å². The van der Waals surface area contributed by atoms with E-state index in [2.05, 4.69) is 12.1 Å². The highest BCUT2D eigenvalue weighted by molar-refractivity contribution is 5.93. The van der Waals surface area contributed by atoms with E-state index in [1.807, 2.05) is 24.3 Å². The molecule has 0 radical (unpaired) electrons. The third kappa shape index (κ3) is 5.27. The van der Waals surface area contributed by atoms with Gasteiger partial charge in [-0.15, -0.1) is 0 Å². The molecule has 0 saturated carbocycles. The third-order valence-corrected chi connectivity index (χ3v) is 3.95. The Kier molecular flexibility index (Phi) is 6.62. The predicted molar refractivity (Wildman–Crippen MR) is 97.4 cm³/mol. The van der Waals surface area contributed by atoms with E-state index in [9.17, 15) is 9.90 Å². The molecule has 0 heterocycles. The molecule has 1 N–H and O–H groups in total. The number of methoxy groups -OCH3 is 1. The number of carbonyl (C=O) groups excluding carboxylic acids is 1. The number of phenolic OH excluding ortho intramolecular Hbond substituents is 1. The first-order valence-electron chi connectivity index (χ1n) is 8.22. The summed E-state index contributed by atoms with van der Waals surface area (Å²) in [6.07, 6.45) is 6.83. The highest BCUT2D eigenvalue weighted by Gasteiger charge is 2.06. The van der Waals surface area contributed by atoms with E-state index < -0.39 is 0 Å². The standard InChI is InChI=1S/C21H24O3/c1-16-14-18(15-20(24-2)21(16)23)12-13-19(22)11-7-6-10-17-8-4-3-5-9-17/h3-5,8-9,12-15,23H,6-7,10-11H2,1-2H3/b13-12+. The summed E-state index contributed by atoms with van der Waals surface area (Å²) in [5.74, 6) is 0.680. The van der Waals surface area contributed by atoms with E-state index in [-0.39, 0.29) is 11.5 Å². The molecule has 0 aliphatic carbocycles. The summed E-state index contributed by atoms with van der Waals surface area (Å²) in [5.41, 5.74) is 2.89. The number of carbonyl (C=O) groups is 1. The van der Waals surface area contributed by atoms with Crippen LogP contribution in [0.15, 0.2) is 48.5 Å². The average Bonchev–Trinajstić information content (AvgIpc) is 2.60. The molecule has 2 aromatic rings. The number of hydrogen-bond acceptors (Lipinski definition) is 3. The van der Waals surface area contributed by atoms with E-state index in [1.165, 1.54) is 12.7 Å². The van der Waals surface area contributed by atoms with Gasteiger partial charge in [0.05, 0.1) is 7.11 Å². The molecule has 2 aromatic carbocycles. The molecule has 24 heavy (non-hydrogen) atoms. The van der Waals surface area contributed by atoms with Crippen LogP contribution in [0.3, 0.4) is 0 Å². The van der Waals surface area contributed by atoms with Crippen LogP contribution in [0.2, 0.25) is 0 Å². The molecule has 126 valence electrons. The van der Waals surface area contributed by atoms with Crippen molar-refractivity contribution in [1.29, 1.82) is 0 Å². The molecule has 0 saturated heterocycles. The van der Waals surface area contributed by atoms with E-state index in [0.717, 1.165) is 30.4 Å². The first kappa shape index (κ1) is 17.8. The van der Waals surface area contributed by atoms with Gasteiger partial charge in [0.15, 0.2) is 17.3 Å². The molecule has 0 unspecified atom stereocenters. The van der Waals surface area contributed by atoms with Crippen molar-refractivity contribution >= 4 is 11.9 Å². The van der Waals surface area contributed by atoms with Crippen LogP contribution in [0, 0.1) is 6.92 Å². The van der Waals surface area contributed by atoms with Gasteiger partial charge in [-0.25, -0.2) is 0 Å². The minimum absolute atomic E-state index is 0.118. The number of unbranched alkanes of at least 4 members (excludes halogenated alkanes) is 1. The number of ketones is 1. The zero-order valence-corrected chi connectivity index (χ0v) is 14.3. The van der Waals surface area contributed by atoms with Crippen LogP contribution in [0.25, 0.3) is 6.08 Å². The Balaban J connectivity index is 1.81. The largest absolute Gasteiger partial charge is 0.504 e. The molecule has 0 atom stereocenters. The number of hydrogen-bond donors (Lipinski definition) is 1. The molecule has 0 aromatic heterocycles. The molecule has 0 bridgehead atoms. The average molecular weight is 324 g/mol. The smallest absolute Gasteiger partial charge is 0.161 e. The molecule has 3 heteroatoms. The second-order valence-electron chi connectivity index (χ2n) is 5.88. The van der Waals surface area contributed by atoms with Gasteiger partial charge < -0.3 is 9.84 Å². The van der Waals surface area contributed by atoms with Crippen molar-refractivity contribution in [1.82, 2.24) is 0 Å². The first-order chi connectivity index (χ1) is 11.6. The maximum Gasteiger partial charge on any atom is 0.161 e. The van der Waals surface area contributed by atoms with Crippen LogP contribution in [-0.2, 0) is 11.2 Å². The monoisotopic (exact) mass is 324 g/mol. The maximum absolute atomic E-state index is 12.0. The number of ether oxygens (including phenoxy) is 1. The van der Waals surface area contributed by atoms with E-state index >= 15 is 0 Å². The van der Waals surface area contributed by atoms with Crippen LogP contribution in [-0.4, -0.2) is 18.0 Å². The zero-order chi connectivity index (χ0) is 17.4. The normalized spacial score (nSPS) is 10.9. The van der Waals surface area contributed by atoms with Gasteiger partial charge in [-0.2, -0.15) is 0 Å². The van der Waals surface area contributed by atoms with Crippen molar-refractivity contribution < 1.29 is 14.6 Å². The molecular weight excluding hydrogens is 300 g/mol. The van der Waals surface area contributed by atoms with Crippen LogP contribution in [0.1, 0.15) is 36.0 Å². The molecule has 0 spiro atoms. The van der Waals surface area contributed by atoms with Gasteiger partial charge in [0.2, 0.25) is 0 Å². The van der Waals surface area contributed by atoms with Gasteiger partial charge in [-0.3, -0.25) is 4.79 Å². The van der Waals surface area contributed by atoms with Crippen LogP contribution < -0.4 is 4.74 Å². The van der Waals surface area contributed by atoms with Gasteiger partial charge in [0.25, 0.3) is 0 Å². The van der Waals surface area contributed by atoms with E-state index in [0.29, 0.717) is 12.2 Å². The summed E-state index contributed by atoms with van der Waals surface area (Å²) >= 11 is 0. The molecule has 0 fully saturated rings. The number of rotatable bonds is 8. The molecular formula is C21H24O3. The van der Waals surface area contributed by atoms with Crippen LogP contribution >= 0.6 is 0 Å². The highest BCUT2D eigenvalue weighted by atomic mass is 16.5. The Morgan fingerprint density at radius 1 is 1.17 bits per heavy atom. The van der Waals surface area contributed by atoms with Crippen molar-refractivity contribution in [2.75, 3.05) is 7.11 Å². The molecule has 2 rings (SSSR count). The third-order valence-electron chi connectivity index (χ3n) is 3.95. The van der Waals surface area contributed by atoms with Gasteiger partial charge >= 0.3 is 0 Å². The summed E-state index contributed by atoms with van der Waals surface area (Å²) in [6.45, 7) is 1.81. The SMILES string of the molecule is COc1cc(/C=C/C(=O)CCCCc2ccccc2)cc(C)c1O. The van der Waals surface area contributed by atoms with Crippen molar-refractivity contribution in [3.05, 3.63) is 65.2 Å². The first-order valence-corrected chi connectivity index (χ1v) is 8.22. The lowest BCUT2D eigenvalue weighted by molar-refractivity contribution is -0.114. The second-order valence-corrected chi connectivity index (χ2v) is 5.88. The Morgan fingerprint density at radius 2 is 1.92 bits per heavy atom. The van der Waals surface area contributed by atoms with Gasteiger partial charge in [-0.1, -0.05) is 36.4 Å². The minimum atomic E-state index is 0.118. The van der Waals surface area contributed by atoms with Gasteiger partial charge in [-0.05, 0) is 61.1 Å². The number of phenols is 1. The second kappa shape index (κ2) is 8.92. The number of benzene rings is 2. The molecule has 0 aliphatic heterocycles. The van der Waals surface area contributed by atoms with Crippen molar-refractivity contribution in [2.45, 2.75) is 32.6 Å². The Bertz CT molecular complexity index is 703. The zero-order valence-electron chi connectivity index (χ0n) is 14.3. The van der Waals surface area contributed by atoms with Crippen molar-refractivity contribution in [2.24, 2.45) is 0 Å². The summed E-state index contributed by atoms with van der Waals surface area (Å²) in [6, 6.07) is 13.9. The number of aromatic hydroxyl groups is 1. The fourth-order valence-electron chi connectivity index (χ4n) is 2.57. The van der Waals surface area contributed by atoms with Crippen LogP contribution in [0.4, 0.5) is 0 Å². The fraction of sp³-hybridized carbons (Fsp3) is 0.286. The topological polar surface area (TPSA) is 46.5 Å². The molecule has 0 amide bonds. The summed E-state index contributed by atoms with van der Waals surface area (Å²) < 4.78 is 5.13. The Morgan fingerprint density at radius 3 is 2.62 bits per heavy atom. The molecule has 0 aliphatic rings. The number of aryl methyl sites for hydroxylation is 2. The lowest BCUT2D eigenvalue weighted by Crippen LogP contribution is -1.94.